The Labute approximate surface area is 154 Å². The van der Waals surface area contributed by atoms with Crippen LogP contribution in [-0.4, -0.2) is 0 Å². The lowest BCUT2D eigenvalue weighted by molar-refractivity contribution is 0.471. The normalized spacial score (nSPS) is 17.7. The van der Waals surface area contributed by atoms with Gasteiger partial charge in [-0.15, -0.1) is 0 Å². The molecule has 0 bridgehead atoms. The van der Waals surface area contributed by atoms with Gasteiger partial charge in [-0.2, -0.15) is 0 Å². The number of benzene rings is 2. The fourth-order valence-electron chi connectivity index (χ4n) is 4.10. The Morgan fingerprint density at radius 3 is 2.44 bits per heavy atom. The fourth-order valence-corrected chi connectivity index (χ4v) is 4.10. The van der Waals surface area contributed by atoms with Gasteiger partial charge in [0.2, 0.25) is 0 Å². The van der Waals surface area contributed by atoms with Gasteiger partial charge in [0.05, 0.1) is 0 Å². The molecule has 0 amide bonds. The summed E-state index contributed by atoms with van der Waals surface area (Å²) in [6.07, 6.45) is 15.7. The van der Waals surface area contributed by atoms with Crippen LogP contribution in [0.15, 0.2) is 42.5 Å². The summed E-state index contributed by atoms with van der Waals surface area (Å²) in [5, 5.41) is 2.79. The second kappa shape index (κ2) is 9.22. The molecule has 0 heterocycles. The molecule has 2 aromatic rings. The summed E-state index contributed by atoms with van der Waals surface area (Å²) in [6, 6.07) is 14.1. The molecule has 1 atom stereocenters. The summed E-state index contributed by atoms with van der Waals surface area (Å²) >= 11 is 0. The third-order valence-electron chi connectivity index (χ3n) is 5.94. The van der Waals surface area contributed by atoms with E-state index in [0.717, 1.165) is 5.92 Å². The third-order valence-corrected chi connectivity index (χ3v) is 5.94. The summed E-state index contributed by atoms with van der Waals surface area (Å²) < 4.78 is 0. The first-order chi connectivity index (χ1) is 12.3. The van der Waals surface area contributed by atoms with Crippen LogP contribution in [-0.2, 0) is 6.42 Å². The molecule has 134 valence electrons. The summed E-state index contributed by atoms with van der Waals surface area (Å²) in [7, 11) is 0. The lowest BCUT2D eigenvalue weighted by atomic mass is 9.85. The molecule has 0 spiro atoms. The predicted molar refractivity (Wildman–Crippen MR) is 112 cm³/mol. The highest BCUT2D eigenvalue weighted by atomic mass is 14.2. The molecular weight excluding hydrogens is 300 g/mol. The first kappa shape index (κ1) is 18.2. The highest BCUT2D eigenvalue weighted by Crippen LogP contribution is 2.33. The lowest BCUT2D eigenvalue weighted by Crippen LogP contribution is -2.03. The smallest absolute Gasteiger partial charge is 0.0178 e. The Balaban J connectivity index is 1.66. The Morgan fingerprint density at radius 1 is 0.880 bits per heavy atom. The Morgan fingerprint density at radius 2 is 1.68 bits per heavy atom. The van der Waals surface area contributed by atoms with Crippen molar-refractivity contribution in [3.63, 3.8) is 0 Å². The highest BCUT2D eigenvalue weighted by Gasteiger charge is 2.14. The molecule has 0 N–H and O–H groups in total. The number of allylic oxidation sites excluding steroid dienone is 2. The summed E-state index contributed by atoms with van der Waals surface area (Å²) in [5.74, 6) is 0.907. The zero-order valence-electron chi connectivity index (χ0n) is 16.2. The van der Waals surface area contributed by atoms with Gasteiger partial charge in [0.15, 0.2) is 0 Å². The van der Waals surface area contributed by atoms with Crippen molar-refractivity contribution in [2.45, 2.75) is 78.1 Å². The zero-order valence-corrected chi connectivity index (χ0v) is 16.2. The highest BCUT2D eigenvalue weighted by molar-refractivity contribution is 5.87. The topological polar surface area (TPSA) is 0 Å². The second-order valence-corrected chi connectivity index (χ2v) is 7.84. The third kappa shape index (κ3) is 4.97. The minimum absolute atomic E-state index is 0.907. The molecule has 1 unspecified atom stereocenters. The van der Waals surface area contributed by atoms with E-state index in [9.17, 15) is 0 Å². The van der Waals surface area contributed by atoms with E-state index < -0.39 is 0 Å². The number of hydrogen-bond acceptors (Lipinski definition) is 0. The summed E-state index contributed by atoms with van der Waals surface area (Å²) in [4.78, 5) is 0. The largest absolute Gasteiger partial charge is 0.0804 e. The number of fused-ring (bicyclic) bond motifs is 1. The minimum Gasteiger partial charge on any atom is -0.0804 e. The molecule has 2 aromatic carbocycles. The monoisotopic (exact) mass is 334 g/mol. The molecule has 1 aliphatic carbocycles. The van der Waals surface area contributed by atoms with Crippen LogP contribution in [0.5, 0.6) is 0 Å². The van der Waals surface area contributed by atoms with E-state index in [1.54, 1.807) is 5.57 Å². The van der Waals surface area contributed by atoms with Gasteiger partial charge in [-0.1, -0.05) is 82.4 Å². The fraction of sp³-hybridized carbons (Fsp3) is 0.520. The van der Waals surface area contributed by atoms with Crippen molar-refractivity contribution in [2.75, 3.05) is 0 Å². The van der Waals surface area contributed by atoms with Gasteiger partial charge in [-0.25, -0.2) is 0 Å². The van der Waals surface area contributed by atoms with Gasteiger partial charge >= 0.3 is 0 Å². The Bertz CT molecular complexity index is 707. The molecule has 25 heavy (non-hydrogen) atoms. The van der Waals surface area contributed by atoms with E-state index >= 15 is 0 Å². The standard InChI is InChI=1S/C25H34/c1-3-5-6-7-8-9-21-12-15-25-19-24(17-16-23(25)18-21)22-13-10-20(4-2)11-14-22/h12-13,15-20H,3-11,14H2,1-2H3. The molecule has 0 saturated heterocycles. The van der Waals surface area contributed by atoms with Gasteiger partial charge in [-0.05, 0) is 71.6 Å². The van der Waals surface area contributed by atoms with E-state index in [0.29, 0.717) is 0 Å². The number of hydrogen-bond donors (Lipinski definition) is 0. The van der Waals surface area contributed by atoms with Crippen molar-refractivity contribution in [1.82, 2.24) is 0 Å². The van der Waals surface area contributed by atoms with E-state index in [4.69, 9.17) is 0 Å². The van der Waals surface area contributed by atoms with Crippen LogP contribution in [0.3, 0.4) is 0 Å². The summed E-state index contributed by atoms with van der Waals surface area (Å²) in [6.45, 7) is 4.60. The molecule has 0 fully saturated rings. The first-order valence-electron chi connectivity index (χ1n) is 10.5. The van der Waals surface area contributed by atoms with Crippen molar-refractivity contribution < 1.29 is 0 Å². The van der Waals surface area contributed by atoms with Crippen LogP contribution in [0, 0.1) is 5.92 Å². The van der Waals surface area contributed by atoms with Gasteiger partial charge in [-0.3, -0.25) is 0 Å². The van der Waals surface area contributed by atoms with Gasteiger partial charge in [0.1, 0.15) is 0 Å². The van der Waals surface area contributed by atoms with E-state index in [-0.39, 0.29) is 0 Å². The SMILES string of the molecule is CCCCCCCc1ccc2cc(C3=CCC(CC)CC3)ccc2c1. The average Bonchev–Trinajstić information content (AvgIpc) is 2.67. The van der Waals surface area contributed by atoms with Gasteiger partial charge in [0, 0.05) is 0 Å². The van der Waals surface area contributed by atoms with Crippen LogP contribution in [0.25, 0.3) is 16.3 Å². The predicted octanol–water partition coefficient (Wildman–Crippen LogP) is 7.95. The van der Waals surface area contributed by atoms with E-state index in [1.807, 2.05) is 0 Å². The zero-order chi connectivity index (χ0) is 17.5. The van der Waals surface area contributed by atoms with Crippen LogP contribution in [0.4, 0.5) is 0 Å². The van der Waals surface area contributed by atoms with Crippen LogP contribution < -0.4 is 0 Å². The second-order valence-electron chi connectivity index (χ2n) is 7.84. The number of rotatable bonds is 8. The van der Waals surface area contributed by atoms with Crippen molar-refractivity contribution in [3.8, 4) is 0 Å². The average molecular weight is 335 g/mol. The molecular formula is C25H34. The molecule has 0 saturated carbocycles. The molecule has 0 heteroatoms. The van der Waals surface area contributed by atoms with Crippen molar-refractivity contribution in [1.29, 1.82) is 0 Å². The maximum Gasteiger partial charge on any atom is -0.0178 e. The quantitative estimate of drug-likeness (QED) is 0.430. The van der Waals surface area contributed by atoms with Gasteiger partial charge < -0.3 is 0 Å². The van der Waals surface area contributed by atoms with Crippen LogP contribution in [0.2, 0.25) is 0 Å². The molecule has 0 aromatic heterocycles. The molecule has 0 nitrogen and oxygen atoms in total. The van der Waals surface area contributed by atoms with Crippen molar-refractivity contribution in [2.24, 2.45) is 5.92 Å². The maximum absolute atomic E-state index is 2.49. The lowest BCUT2D eigenvalue weighted by Gasteiger charge is -2.21. The number of aryl methyl sites for hydroxylation is 1. The van der Waals surface area contributed by atoms with Gasteiger partial charge in [0.25, 0.3) is 0 Å². The van der Waals surface area contributed by atoms with Crippen LogP contribution in [0.1, 0.15) is 82.8 Å². The van der Waals surface area contributed by atoms with E-state index in [1.165, 1.54) is 86.1 Å². The van der Waals surface area contributed by atoms with Crippen molar-refractivity contribution >= 4 is 16.3 Å². The first-order valence-corrected chi connectivity index (χ1v) is 10.5. The molecule has 3 rings (SSSR count). The Hall–Kier alpha value is -1.56. The molecule has 0 radical (unpaired) electrons. The maximum atomic E-state index is 2.49. The van der Waals surface area contributed by atoms with E-state index in [2.05, 4.69) is 56.3 Å². The minimum atomic E-state index is 0.907. The molecule has 0 aliphatic heterocycles. The molecule has 1 aliphatic rings. The summed E-state index contributed by atoms with van der Waals surface area (Å²) in [5.41, 5.74) is 4.50. The Kier molecular flexibility index (Phi) is 6.73. The van der Waals surface area contributed by atoms with Crippen molar-refractivity contribution in [3.05, 3.63) is 53.6 Å². The number of unbranched alkanes of at least 4 members (excludes halogenated alkanes) is 4. The van der Waals surface area contributed by atoms with Crippen LogP contribution >= 0.6 is 0 Å².